The Bertz CT molecular complexity index is 1110. The SMILES string of the molecule is Cn1ccc2c(C(=O)N3CCC[C@H](c4nc5ccccc5[nH]4)C3)cccc21. The fourth-order valence-corrected chi connectivity index (χ4v) is 4.21. The number of amides is 1. The first-order valence-corrected chi connectivity index (χ1v) is 9.48. The largest absolute Gasteiger partial charge is 0.351 e. The van der Waals surface area contributed by atoms with Crippen molar-refractivity contribution < 1.29 is 4.79 Å². The molecular weight excluding hydrogens is 336 g/mol. The minimum absolute atomic E-state index is 0.118. The van der Waals surface area contributed by atoms with Crippen LogP contribution in [0.4, 0.5) is 0 Å². The summed E-state index contributed by atoms with van der Waals surface area (Å²) in [7, 11) is 2.01. The van der Waals surface area contributed by atoms with E-state index in [0.717, 1.165) is 52.7 Å². The molecule has 5 rings (SSSR count). The maximum atomic E-state index is 13.3. The molecule has 4 aromatic rings. The van der Waals surface area contributed by atoms with E-state index in [9.17, 15) is 4.79 Å². The second-order valence-electron chi connectivity index (χ2n) is 7.39. The maximum Gasteiger partial charge on any atom is 0.254 e. The van der Waals surface area contributed by atoms with Gasteiger partial charge in [0.15, 0.2) is 0 Å². The molecule has 3 heterocycles. The first-order chi connectivity index (χ1) is 13.2. The van der Waals surface area contributed by atoms with Crippen molar-refractivity contribution in [3.63, 3.8) is 0 Å². The molecule has 0 bridgehead atoms. The van der Waals surface area contributed by atoms with Gasteiger partial charge >= 0.3 is 0 Å². The topological polar surface area (TPSA) is 53.9 Å². The smallest absolute Gasteiger partial charge is 0.254 e. The highest BCUT2D eigenvalue weighted by Crippen LogP contribution is 2.29. The van der Waals surface area contributed by atoms with Crippen molar-refractivity contribution in [3.8, 4) is 0 Å². The molecule has 0 radical (unpaired) electrons. The number of benzene rings is 2. The summed E-state index contributed by atoms with van der Waals surface area (Å²) in [6, 6.07) is 16.1. The number of nitrogens with zero attached hydrogens (tertiary/aromatic N) is 3. The van der Waals surface area contributed by atoms with Crippen LogP contribution in [0.5, 0.6) is 0 Å². The Morgan fingerprint density at radius 3 is 2.93 bits per heavy atom. The van der Waals surface area contributed by atoms with E-state index < -0.39 is 0 Å². The van der Waals surface area contributed by atoms with Crippen molar-refractivity contribution in [2.75, 3.05) is 13.1 Å². The molecule has 1 atom stereocenters. The van der Waals surface area contributed by atoms with E-state index in [-0.39, 0.29) is 11.8 Å². The van der Waals surface area contributed by atoms with Crippen molar-refractivity contribution in [2.45, 2.75) is 18.8 Å². The summed E-state index contributed by atoms with van der Waals surface area (Å²) in [6.07, 6.45) is 4.06. The van der Waals surface area contributed by atoms with Crippen LogP contribution in [-0.4, -0.2) is 38.4 Å². The van der Waals surface area contributed by atoms with E-state index in [0.29, 0.717) is 6.54 Å². The highest BCUT2D eigenvalue weighted by Gasteiger charge is 2.28. The molecule has 2 aromatic heterocycles. The molecule has 5 nitrogen and oxygen atoms in total. The molecule has 0 spiro atoms. The fraction of sp³-hybridized carbons (Fsp3) is 0.273. The molecule has 5 heteroatoms. The quantitative estimate of drug-likeness (QED) is 0.587. The summed E-state index contributed by atoms with van der Waals surface area (Å²) in [5, 5.41) is 1.02. The minimum Gasteiger partial charge on any atom is -0.351 e. The van der Waals surface area contributed by atoms with Crippen LogP contribution in [0.15, 0.2) is 54.7 Å². The number of imidazole rings is 1. The number of piperidine rings is 1. The van der Waals surface area contributed by atoms with Gasteiger partial charge in [0.2, 0.25) is 0 Å². The minimum atomic E-state index is 0.118. The summed E-state index contributed by atoms with van der Waals surface area (Å²) >= 11 is 0. The van der Waals surface area contributed by atoms with Gasteiger partial charge in [-0.25, -0.2) is 4.98 Å². The van der Waals surface area contributed by atoms with E-state index in [1.807, 2.05) is 60.6 Å². The molecule has 0 unspecified atom stereocenters. The Morgan fingerprint density at radius 2 is 2.04 bits per heavy atom. The number of likely N-dealkylation sites (tertiary alicyclic amines) is 1. The molecule has 1 N–H and O–H groups in total. The Balaban J connectivity index is 1.44. The number of hydrogen-bond donors (Lipinski definition) is 1. The summed E-state index contributed by atoms with van der Waals surface area (Å²) in [5.74, 6) is 1.37. The van der Waals surface area contributed by atoms with Gasteiger partial charge in [0.25, 0.3) is 5.91 Å². The third-order valence-corrected chi connectivity index (χ3v) is 5.66. The first kappa shape index (κ1) is 16.1. The maximum absolute atomic E-state index is 13.3. The third-order valence-electron chi connectivity index (χ3n) is 5.66. The number of aromatic nitrogens is 3. The Labute approximate surface area is 157 Å². The number of rotatable bonds is 2. The molecule has 1 saturated heterocycles. The molecular formula is C22H22N4O. The Kier molecular flexibility index (Phi) is 3.74. The number of H-pyrrole nitrogens is 1. The van der Waals surface area contributed by atoms with Gasteiger partial charge in [0.05, 0.1) is 11.0 Å². The van der Waals surface area contributed by atoms with Gasteiger partial charge in [-0.15, -0.1) is 0 Å². The van der Waals surface area contributed by atoms with Gasteiger partial charge in [-0.2, -0.15) is 0 Å². The third kappa shape index (κ3) is 2.70. The zero-order chi connectivity index (χ0) is 18.4. The zero-order valence-corrected chi connectivity index (χ0v) is 15.4. The number of carbonyl (C=O) groups excluding carboxylic acids is 1. The molecule has 1 aliphatic heterocycles. The van der Waals surface area contributed by atoms with Crippen LogP contribution >= 0.6 is 0 Å². The van der Waals surface area contributed by atoms with Crippen LogP contribution in [0.25, 0.3) is 21.9 Å². The number of carbonyl (C=O) groups is 1. The lowest BCUT2D eigenvalue weighted by Gasteiger charge is -2.32. The molecule has 136 valence electrons. The normalized spacial score (nSPS) is 17.7. The molecule has 27 heavy (non-hydrogen) atoms. The predicted octanol–water partition coefficient (Wildman–Crippen LogP) is 4.07. The number of nitrogens with one attached hydrogen (secondary N) is 1. The molecule has 0 saturated carbocycles. The van der Waals surface area contributed by atoms with Crippen LogP contribution < -0.4 is 0 Å². The second-order valence-corrected chi connectivity index (χ2v) is 7.39. The summed E-state index contributed by atoms with van der Waals surface area (Å²) in [4.78, 5) is 23.5. The highest BCUT2D eigenvalue weighted by molar-refractivity contribution is 6.06. The first-order valence-electron chi connectivity index (χ1n) is 9.48. The van der Waals surface area contributed by atoms with Crippen LogP contribution in [-0.2, 0) is 7.05 Å². The van der Waals surface area contributed by atoms with Crippen molar-refractivity contribution in [2.24, 2.45) is 7.05 Å². The summed E-state index contributed by atoms with van der Waals surface area (Å²) in [5.41, 5.74) is 3.93. The second kappa shape index (κ2) is 6.27. The molecule has 1 fully saturated rings. The molecule has 1 amide bonds. The van der Waals surface area contributed by atoms with Crippen LogP contribution in [0, 0.1) is 0 Å². The summed E-state index contributed by atoms with van der Waals surface area (Å²) in [6.45, 7) is 1.51. The monoisotopic (exact) mass is 358 g/mol. The van der Waals surface area contributed by atoms with Crippen molar-refractivity contribution in [1.82, 2.24) is 19.4 Å². The van der Waals surface area contributed by atoms with Crippen molar-refractivity contribution in [1.29, 1.82) is 0 Å². The molecule has 2 aromatic carbocycles. The van der Waals surface area contributed by atoms with Gasteiger partial charge in [-0.1, -0.05) is 18.2 Å². The summed E-state index contributed by atoms with van der Waals surface area (Å²) < 4.78 is 2.06. The van der Waals surface area contributed by atoms with Crippen molar-refractivity contribution in [3.05, 3.63) is 66.1 Å². The van der Waals surface area contributed by atoms with E-state index >= 15 is 0 Å². The van der Waals surface area contributed by atoms with Crippen LogP contribution in [0.3, 0.4) is 0 Å². The van der Waals surface area contributed by atoms with E-state index in [1.165, 1.54) is 0 Å². The van der Waals surface area contributed by atoms with E-state index in [1.54, 1.807) is 0 Å². The van der Waals surface area contributed by atoms with Gasteiger partial charge in [-0.05, 0) is 43.2 Å². The van der Waals surface area contributed by atoms with Gasteiger partial charge < -0.3 is 14.5 Å². The number of aryl methyl sites for hydroxylation is 1. The van der Waals surface area contributed by atoms with E-state index in [2.05, 4.69) is 15.6 Å². The van der Waals surface area contributed by atoms with Crippen molar-refractivity contribution >= 4 is 27.8 Å². The van der Waals surface area contributed by atoms with E-state index in [4.69, 9.17) is 4.98 Å². The lowest BCUT2D eigenvalue weighted by atomic mass is 9.96. The fourth-order valence-electron chi connectivity index (χ4n) is 4.21. The number of hydrogen-bond acceptors (Lipinski definition) is 2. The van der Waals surface area contributed by atoms with Crippen LogP contribution in [0.2, 0.25) is 0 Å². The lowest BCUT2D eigenvalue weighted by molar-refractivity contribution is 0.0707. The number of aromatic amines is 1. The van der Waals surface area contributed by atoms with Gasteiger partial charge in [0, 0.05) is 48.7 Å². The van der Waals surface area contributed by atoms with Crippen LogP contribution in [0.1, 0.15) is 34.9 Å². The predicted molar refractivity (Wildman–Crippen MR) is 107 cm³/mol. The average Bonchev–Trinajstić information content (AvgIpc) is 3.31. The highest BCUT2D eigenvalue weighted by atomic mass is 16.2. The lowest BCUT2D eigenvalue weighted by Crippen LogP contribution is -2.39. The Morgan fingerprint density at radius 1 is 1.15 bits per heavy atom. The van der Waals surface area contributed by atoms with Gasteiger partial charge in [0.1, 0.15) is 5.82 Å². The zero-order valence-electron chi connectivity index (χ0n) is 15.4. The number of fused-ring (bicyclic) bond motifs is 2. The van der Waals surface area contributed by atoms with Gasteiger partial charge in [-0.3, -0.25) is 4.79 Å². The molecule has 0 aliphatic carbocycles. The standard InChI is InChI=1S/C22H22N4O/c1-25-13-11-16-17(7-4-10-20(16)25)22(27)26-12-5-6-15(14-26)21-23-18-8-2-3-9-19(18)24-21/h2-4,7-11,13,15H,5-6,12,14H2,1H3,(H,23,24)/t15-/m0/s1. The molecule has 1 aliphatic rings. The number of para-hydroxylation sites is 2. The Hall–Kier alpha value is -3.08. The average molecular weight is 358 g/mol.